The lowest BCUT2D eigenvalue weighted by Crippen LogP contribution is -2.59. The first-order chi connectivity index (χ1) is 9.28. The topological polar surface area (TPSA) is 18.5 Å². The lowest BCUT2D eigenvalue weighted by molar-refractivity contribution is 0.00274. The Morgan fingerprint density at radius 3 is 2.58 bits per heavy atom. The third-order valence-corrected chi connectivity index (χ3v) is 5.88. The highest BCUT2D eigenvalue weighted by Gasteiger charge is 2.38. The van der Waals surface area contributed by atoms with Crippen molar-refractivity contribution in [2.45, 2.75) is 51.6 Å². The zero-order chi connectivity index (χ0) is 13.2. The number of fused-ring (bicyclic) bond motifs is 3. The molecule has 3 atom stereocenters. The van der Waals surface area contributed by atoms with Crippen LogP contribution in [0.2, 0.25) is 0 Å². The van der Waals surface area contributed by atoms with Crippen LogP contribution < -0.4 is 5.32 Å². The second-order valence-electron chi connectivity index (χ2n) is 7.00. The molecule has 4 saturated heterocycles. The van der Waals surface area contributed by atoms with E-state index in [1.807, 2.05) is 0 Å². The van der Waals surface area contributed by atoms with Crippen LogP contribution in [0.4, 0.5) is 0 Å². The second kappa shape index (κ2) is 6.11. The van der Waals surface area contributed by atoms with Crippen molar-refractivity contribution in [1.29, 1.82) is 0 Å². The van der Waals surface area contributed by atoms with Crippen molar-refractivity contribution < 1.29 is 0 Å². The molecule has 4 fully saturated rings. The summed E-state index contributed by atoms with van der Waals surface area (Å²) in [6, 6.07) is 1.57. The zero-order valence-corrected chi connectivity index (χ0v) is 12.8. The quantitative estimate of drug-likeness (QED) is 0.839. The van der Waals surface area contributed by atoms with Gasteiger partial charge < -0.3 is 10.2 Å². The number of hydrogen-bond donors (Lipinski definition) is 1. The minimum Gasteiger partial charge on any atom is -0.312 e. The van der Waals surface area contributed by atoms with E-state index in [1.54, 1.807) is 0 Å². The van der Waals surface area contributed by atoms with Crippen LogP contribution in [0, 0.1) is 11.8 Å². The van der Waals surface area contributed by atoms with E-state index in [1.165, 1.54) is 65.0 Å². The van der Waals surface area contributed by atoms with Crippen molar-refractivity contribution in [3.05, 3.63) is 0 Å². The van der Waals surface area contributed by atoms with Gasteiger partial charge >= 0.3 is 0 Å². The number of rotatable bonds is 3. The van der Waals surface area contributed by atoms with Crippen LogP contribution in [-0.4, -0.2) is 61.2 Å². The van der Waals surface area contributed by atoms with Crippen LogP contribution in [0.25, 0.3) is 0 Å². The third-order valence-electron chi connectivity index (χ3n) is 5.88. The highest BCUT2D eigenvalue weighted by atomic mass is 15.3. The smallest absolute Gasteiger partial charge is 0.0253 e. The van der Waals surface area contributed by atoms with E-state index in [-0.39, 0.29) is 0 Å². The van der Waals surface area contributed by atoms with Crippen LogP contribution in [0.1, 0.15) is 39.5 Å². The van der Waals surface area contributed by atoms with Gasteiger partial charge in [0.05, 0.1) is 0 Å². The van der Waals surface area contributed by atoms with Gasteiger partial charge in [-0.15, -0.1) is 0 Å². The molecule has 0 aromatic rings. The average molecular weight is 265 g/mol. The van der Waals surface area contributed by atoms with Crippen molar-refractivity contribution >= 4 is 0 Å². The maximum Gasteiger partial charge on any atom is 0.0253 e. The van der Waals surface area contributed by atoms with Crippen LogP contribution in [-0.2, 0) is 0 Å². The SMILES string of the molecule is CCC(C)C1CN(C2CN3CCC2CC3)CCCN1. The monoisotopic (exact) mass is 265 g/mol. The lowest BCUT2D eigenvalue weighted by atomic mass is 9.82. The Labute approximate surface area is 118 Å². The van der Waals surface area contributed by atoms with Crippen molar-refractivity contribution in [3.63, 3.8) is 0 Å². The first-order valence-electron chi connectivity index (χ1n) is 8.47. The Hall–Kier alpha value is -0.120. The number of hydrogen-bond acceptors (Lipinski definition) is 3. The van der Waals surface area contributed by atoms with Gasteiger partial charge in [0.15, 0.2) is 0 Å². The Balaban J connectivity index is 1.65. The molecule has 19 heavy (non-hydrogen) atoms. The summed E-state index contributed by atoms with van der Waals surface area (Å²) in [5, 5.41) is 3.79. The highest BCUT2D eigenvalue weighted by molar-refractivity contribution is 4.94. The molecule has 2 bridgehead atoms. The first kappa shape index (κ1) is 13.8. The minimum absolute atomic E-state index is 0.711. The van der Waals surface area contributed by atoms with E-state index < -0.39 is 0 Å². The normalized spacial score (nSPS) is 42.0. The van der Waals surface area contributed by atoms with Crippen molar-refractivity contribution in [2.75, 3.05) is 39.3 Å². The molecule has 0 aromatic carbocycles. The number of piperidine rings is 3. The van der Waals surface area contributed by atoms with Crippen LogP contribution in [0.15, 0.2) is 0 Å². The maximum atomic E-state index is 3.79. The predicted molar refractivity (Wildman–Crippen MR) is 80.4 cm³/mol. The van der Waals surface area contributed by atoms with E-state index in [2.05, 4.69) is 29.0 Å². The summed E-state index contributed by atoms with van der Waals surface area (Å²) in [5.41, 5.74) is 0. The minimum atomic E-state index is 0.711. The molecule has 0 radical (unpaired) electrons. The summed E-state index contributed by atoms with van der Waals surface area (Å²) >= 11 is 0. The third kappa shape index (κ3) is 2.98. The number of nitrogens with zero attached hydrogens (tertiary/aromatic N) is 2. The zero-order valence-electron chi connectivity index (χ0n) is 12.8. The molecule has 3 nitrogen and oxygen atoms in total. The summed E-state index contributed by atoms with van der Waals surface area (Å²) < 4.78 is 0. The second-order valence-corrected chi connectivity index (χ2v) is 7.00. The summed E-state index contributed by atoms with van der Waals surface area (Å²) in [6.07, 6.45) is 5.52. The molecule has 4 aliphatic rings. The fraction of sp³-hybridized carbons (Fsp3) is 1.00. The van der Waals surface area contributed by atoms with Gasteiger partial charge in [-0.2, -0.15) is 0 Å². The summed E-state index contributed by atoms with van der Waals surface area (Å²) in [4.78, 5) is 5.54. The van der Waals surface area contributed by atoms with Gasteiger partial charge in [0, 0.05) is 25.2 Å². The maximum absolute atomic E-state index is 3.79. The van der Waals surface area contributed by atoms with Gasteiger partial charge in [-0.1, -0.05) is 20.3 Å². The van der Waals surface area contributed by atoms with Crippen molar-refractivity contribution in [2.24, 2.45) is 11.8 Å². The van der Waals surface area contributed by atoms with E-state index in [0.717, 1.165) is 17.9 Å². The van der Waals surface area contributed by atoms with Gasteiger partial charge in [-0.3, -0.25) is 4.90 Å². The Bertz CT molecular complexity index is 286. The van der Waals surface area contributed by atoms with E-state index >= 15 is 0 Å². The largest absolute Gasteiger partial charge is 0.312 e. The molecule has 110 valence electrons. The highest BCUT2D eigenvalue weighted by Crippen LogP contribution is 2.31. The molecule has 0 aromatic heterocycles. The molecule has 4 rings (SSSR count). The average Bonchev–Trinajstić information content (AvgIpc) is 2.73. The molecular weight excluding hydrogens is 234 g/mol. The van der Waals surface area contributed by atoms with Gasteiger partial charge in [0.1, 0.15) is 0 Å². The molecule has 1 N–H and O–H groups in total. The molecule has 3 heteroatoms. The summed E-state index contributed by atoms with van der Waals surface area (Å²) in [6.45, 7) is 12.6. The fourth-order valence-electron chi connectivity index (χ4n) is 4.29. The molecular formula is C16H31N3. The fourth-order valence-corrected chi connectivity index (χ4v) is 4.29. The van der Waals surface area contributed by atoms with Crippen LogP contribution in [0.3, 0.4) is 0 Å². The van der Waals surface area contributed by atoms with Gasteiger partial charge in [-0.05, 0) is 57.3 Å². The predicted octanol–water partition coefficient (Wildman–Crippen LogP) is 1.79. The van der Waals surface area contributed by atoms with E-state index in [0.29, 0.717) is 6.04 Å². The van der Waals surface area contributed by atoms with Gasteiger partial charge in [-0.25, -0.2) is 0 Å². The molecule has 3 unspecified atom stereocenters. The van der Waals surface area contributed by atoms with Crippen molar-refractivity contribution in [3.8, 4) is 0 Å². The molecule has 4 heterocycles. The standard InChI is InChI=1S/C16H31N3/c1-3-13(2)15-11-19(8-4-7-17-15)16-12-18-9-5-14(16)6-10-18/h13-17H,3-12H2,1-2H3. The summed E-state index contributed by atoms with van der Waals surface area (Å²) in [7, 11) is 0. The molecule has 0 aliphatic carbocycles. The number of nitrogens with one attached hydrogen (secondary N) is 1. The molecule has 0 amide bonds. The first-order valence-corrected chi connectivity index (χ1v) is 8.47. The van der Waals surface area contributed by atoms with Gasteiger partial charge in [0.25, 0.3) is 0 Å². The Kier molecular flexibility index (Phi) is 4.45. The molecule has 0 saturated carbocycles. The van der Waals surface area contributed by atoms with Crippen LogP contribution >= 0.6 is 0 Å². The molecule has 4 aliphatic heterocycles. The van der Waals surface area contributed by atoms with E-state index in [9.17, 15) is 0 Å². The Morgan fingerprint density at radius 1 is 1.16 bits per heavy atom. The van der Waals surface area contributed by atoms with E-state index in [4.69, 9.17) is 0 Å². The van der Waals surface area contributed by atoms with Crippen LogP contribution in [0.5, 0.6) is 0 Å². The lowest BCUT2D eigenvalue weighted by Gasteiger charge is -2.49. The summed E-state index contributed by atoms with van der Waals surface area (Å²) in [5.74, 6) is 1.79. The molecule has 0 spiro atoms. The Morgan fingerprint density at radius 2 is 1.95 bits per heavy atom. The van der Waals surface area contributed by atoms with Crippen molar-refractivity contribution in [1.82, 2.24) is 15.1 Å². The van der Waals surface area contributed by atoms with Gasteiger partial charge in [0.2, 0.25) is 0 Å².